The van der Waals surface area contributed by atoms with Crippen LogP contribution < -0.4 is 30.2 Å². The van der Waals surface area contributed by atoms with Gasteiger partial charge >= 0.3 is 17.9 Å². The van der Waals surface area contributed by atoms with Crippen molar-refractivity contribution in [1.82, 2.24) is 45.6 Å². The number of nitrogens with zero attached hydrogens (tertiary/aromatic N) is 6. The van der Waals surface area contributed by atoms with Crippen LogP contribution in [0.4, 0.5) is 0 Å². The van der Waals surface area contributed by atoms with Crippen molar-refractivity contribution in [1.29, 1.82) is 0 Å². The van der Waals surface area contributed by atoms with Crippen molar-refractivity contribution in [2.45, 2.75) is 145 Å². The average molecular weight is 1720 g/mol. The number of likely N-dealkylation sites (N-methyl/N-ethyl adjacent to an activating group) is 1. The van der Waals surface area contributed by atoms with Crippen LogP contribution in [0.5, 0.6) is 17.2 Å². The lowest BCUT2D eigenvalue weighted by atomic mass is 9.48. The lowest BCUT2D eigenvalue weighted by Gasteiger charge is -2.59. The van der Waals surface area contributed by atoms with Crippen LogP contribution in [0.25, 0.3) is 67.2 Å². The Morgan fingerprint density at radius 1 is 0.446 bits per heavy atom. The number of esters is 3. The van der Waals surface area contributed by atoms with E-state index in [0.717, 1.165) is 61.0 Å². The third-order valence-corrected chi connectivity index (χ3v) is 25.8. The minimum absolute atomic E-state index is 0.00809. The molecule has 6 fully saturated rings. The fourth-order valence-corrected chi connectivity index (χ4v) is 19.3. The Morgan fingerprint density at radius 3 is 1.30 bits per heavy atom. The van der Waals surface area contributed by atoms with E-state index in [1.807, 2.05) is 152 Å². The number of benzene rings is 6. The number of ether oxygens (including phenoxy) is 5. The summed E-state index contributed by atoms with van der Waals surface area (Å²) in [5, 5.41) is 21.9. The van der Waals surface area contributed by atoms with Crippen LogP contribution in [0.1, 0.15) is 145 Å². The van der Waals surface area contributed by atoms with E-state index >= 15 is 28.8 Å². The molecule has 0 unspecified atom stereocenters. The summed E-state index contributed by atoms with van der Waals surface area (Å²) in [7, 11) is 11.7. The van der Waals surface area contributed by atoms with Crippen LogP contribution in [-0.2, 0) is 23.9 Å². The third kappa shape index (κ3) is 19.8. The van der Waals surface area contributed by atoms with E-state index in [9.17, 15) is 5.11 Å². The summed E-state index contributed by atoms with van der Waals surface area (Å²) in [6.45, 7) is 6.66. The molecule has 15 rings (SSSR count). The molecule has 0 spiro atoms. The van der Waals surface area contributed by atoms with Gasteiger partial charge in [-0.2, -0.15) is 0 Å². The third-order valence-electron chi connectivity index (χ3n) is 24.6. The summed E-state index contributed by atoms with van der Waals surface area (Å²) in [5.41, 5.74) is 4.10. The Morgan fingerprint density at radius 2 is 0.860 bits per heavy atom. The van der Waals surface area contributed by atoms with Gasteiger partial charge in [-0.1, -0.05) is 151 Å². The normalized spacial score (nSPS) is 20.5. The minimum Gasteiger partial charge on any atom is -0.492 e. The zero-order chi connectivity index (χ0) is 85.4. The fraction of sp³-hybridized carbons (Fsp3) is 0.406. The van der Waals surface area contributed by atoms with Gasteiger partial charge in [-0.3, -0.25) is 14.4 Å². The maximum atomic E-state index is 16.2. The summed E-state index contributed by atoms with van der Waals surface area (Å²) in [4.78, 5) is 115. The Hall–Kier alpha value is -9.81. The van der Waals surface area contributed by atoms with Crippen molar-refractivity contribution >= 4 is 82.0 Å². The predicted octanol–water partition coefficient (Wildman–Crippen LogP) is 17.8. The molecule has 0 radical (unpaired) electrons. The largest absolute Gasteiger partial charge is 0.492 e. The monoisotopic (exact) mass is 1720 g/mol. The lowest BCUT2D eigenvalue weighted by molar-refractivity contribution is -0.181. The number of carbonyl (C=O) groups is 6. The highest BCUT2D eigenvalue weighted by molar-refractivity contribution is 6.34. The van der Waals surface area contributed by atoms with E-state index in [1.165, 1.54) is 0 Å². The zero-order valence-electron chi connectivity index (χ0n) is 69.7. The van der Waals surface area contributed by atoms with Crippen LogP contribution in [0.3, 0.4) is 0 Å². The molecule has 4 N–H and O–H groups in total. The van der Waals surface area contributed by atoms with E-state index in [2.05, 4.69) is 25.8 Å². The number of rotatable bonds is 31. The maximum absolute atomic E-state index is 16.2. The highest BCUT2D eigenvalue weighted by Crippen LogP contribution is 2.59. The van der Waals surface area contributed by atoms with Crippen LogP contribution in [-0.4, -0.2) is 181 Å². The lowest BCUT2D eigenvalue weighted by Crippen LogP contribution is -2.71. The van der Waals surface area contributed by atoms with Crippen molar-refractivity contribution < 1.29 is 57.6 Å². The van der Waals surface area contributed by atoms with Crippen LogP contribution in [0, 0.1) is 37.5 Å². The molecule has 4 bridgehead atoms. The van der Waals surface area contributed by atoms with Crippen LogP contribution in [0.2, 0.25) is 20.1 Å². The second kappa shape index (κ2) is 38.3. The summed E-state index contributed by atoms with van der Waals surface area (Å²) in [5.74, 6) is -3.89. The van der Waals surface area contributed by atoms with Crippen molar-refractivity contribution in [3.63, 3.8) is 0 Å². The van der Waals surface area contributed by atoms with Gasteiger partial charge < -0.3 is 59.4 Å². The summed E-state index contributed by atoms with van der Waals surface area (Å²) in [6.07, 6.45) is 5.25. The van der Waals surface area contributed by atoms with E-state index in [1.54, 1.807) is 72.8 Å². The van der Waals surface area contributed by atoms with E-state index in [4.69, 9.17) is 85.0 Å². The van der Waals surface area contributed by atoms with Gasteiger partial charge in [0, 0.05) is 63.6 Å². The molecule has 634 valence electrons. The number of nitrogens with one attached hydrogen (secondary N) is 3. The molecular formula is C96H105Cl4N9O12. The quantitative estimate of drug-likeness (QED) is 0.0179. The molecule has 21 nitrogen and oxygen atoms in total. The van der Waals surface area contributed by atoms with Gasteiger partial charge in [0.2, 0.25) is 0 Å². The van der Waals surface area contributed by atoms with Gasteiger partial charge in [-0.25, -0.2) is 29.3 Å². The molecule has 0 saturated heterocycles. The van der Waals surface area contributed by atoms with Crippen molar-refractivity contribution in [3.05, 3.63) is 212 Å². The number of aliphatic hydroxyl groups is 1. The van der Waals surface area contributed by atoms with Gasteiger partial charge in [0.1, 0.15) is 69.8 Å². The molecule has 3 aromatic heterocycles. The summed E-state index contributed by atoms with van der Waals surface area (Å²) >= 11 is 27.2. The molecule has 6 aliphatic carbocycles. The number of aromatic nitrogens is 3. The molecule has 121 heavy (non-hydrogen) atoms. The summed E-state index contributed by atoms with van der Waals surface area (Å²) < 4.78 is 31.7. The molecule has 6 aromatic carbocycles. The van der Waals surface area contributed by atoms with E-state index < -0.39 is 76.3 Å². The van der Waals surface area contributed by atoms with Gasteiger partial charge in [0.25, 0.3) is 17.7 Å². The van der Waals surface area contributed by atoms with Gasteiger partial charge in [0.05, 0.1) is 45.4 Å². The number of pyridine rings is 3. The molecule has 1 atom stereocenters. The first kappa shape index (κ1) is 87.5. The number of aliphatic hydroxyl groups excluding tert-OH is 1. The number of halogens is 4. The number of aryl methyl sites for hydroxylation is 2. The maximum Gasteiger partial charge on any atom is 0.340 e. The second-order valence-electron chi connectivity index (χ2n) is 34.1. The first-order valence-corrected chi connectivity index (χ1v) is 43.4. The summed E-state index contributed by atoms with van der Waals surface area (Å²) in [6, 6.07) is 49.2. The average Bonchev–Trinajstić information content (AvgIpc) is 0.712. The topological polar surface area (TPSA) is 253 Å². The Labute approximate surface area is 727 Å². The van der Waals surface area contributed by atoms with Gasteiger partial charge in [0.15, 0.2) is 0 Å². The Bertz CT molecular complexity index is 5310. The number of carbonyl (C=O) groups excluding carboxylic acids is 6. The van der Waals surface area contributed by atoms with Crippen LogP contribution in [0.15, 0.2) is 164 Å². The SMILES string of the molecule is Cc1ccccc1-c1ccc(C(=O)NC2(C(=O)OC(=O)C3(NC(=O)c4ccc(-c5ccccc5C)c(-c5ccc(Cl)c(OC[C@@H](O)CN(C)C)c5)n4)C4CC5CC(C4)CC3C5)CCC(OC(=O)C3(NC(=O)c4ccc(-c5ccccc5Cl)c(-c5ccc(Cl)c(OCCCN(C)C)c5)n4)CCCCC3)CC2)nc1-c1ccc(Cl)c(OCCCN(C)C)c1. The van der Waals surface area contributed by atoms with Crippen LogP contribution >= 0.6 is 46.4 Å². The first-order chi connectivity index (χ1) is 58.2. The van der Waals surface area contributed by atoms with Crippen molar-refractivity contribution in [2.75, 3.05) is 81.7 Å². The molecule has 25 heteroatoms. The number of amides is 3. The van der Waals surface area contributed by atoms with E-state index in [0.29, 0.717) is 152 Å². The number of hydrogen-bond acceptors (Lipinski definition) is 18. The molecule has 6 saturated carbocycles. The number of hydrogen-bond donors (Lipinski definition) is 4. The minimum atomic E-state index is -1.97. The van der Waals surface area contributed by atoms with Gasteiger partial charge in [-0.15, -0.1) is 0 Å². The van der Waals surface area contributed by atoms with Crippen molar-refractivity contribution in [3.8, 4) is 84.4 Å². The molecular weight excluding hydrogens is 1610 g/mol. The second-order valence-corrected chi connectivity index (χ2v) is 35.7. The smallest absolute Gasteiger partial charge is 0.340 e. The van der Waals surface area contributed by atoms with Crippen molar-refractivity contribution in [2.24, 2.45) is 23.7 Å². The fourth-order valence-electron chi connectivity index (χ4n) is 18.5. The molecule has 9 aromatic rings. The molecule has 3 heterocycles. The first-order valence-electron chi connectivity index (χ1n) is 41.9. The Kier molecular flexibility index (Phi) is 27.7. The highest BCUT2D eigenvalue weighted by atomic mass is 35.5. The Balaban J connectivity index is 0.784. The highest BCUT2D eigenvalue weighted by Gasteiger charge is 2.64. The predicted molar refractivity (Wildman–Crippen MR) is 472 cm³/mol. The molecule has 6 aliphatic rings. The zero-order valence-corrected chi connectivity index (χ0v) is 72.8. The molecule has 3 amide bonds. The van der Waals surface area contributed by atoms with Gasteiger partial charge in [-0.05, 0) is 264 Å². The molecule has 0 aliphatic heterocycles. The standard InChI is InChI=1S/C96H105Cl4N9O12/c1-58-20-10-12-22-69(58)72-29-35-79(101-85(72)62-26-32-76(98)82(53-62)117-46-18-44-107(3)4)89(112)105-95(42-38-68(39-43-95)120-91(114)94(40-16-9-17-41-94)104-88(111)80-37-31-74(71-24-14-15-25-75(71)97)87(102-80)63-27-33-77(99)83(54-63)118-47-19-45-108(5)6)92(115)121-93(116)96(65-49-60-48-61(51-65)52-66(96)50-60)106-90(113)81-36-30-73(70-23-13-11-21-59(70)2)86(103-81)64-28-34-78(100)84(55-64)119-57-67(110)56-109(7)8/h10-15,20-37,53-55,60-61,65-68,110H,9,16-19,38-52,56-57H2,1-8H3,(H,104,111)(H,105,112)(H,106,113)/t60?,61?,65?,66?,67-,68?,95?,96?/m0/s1. The van der Waals surface area contributed by atoms with E-state index in [-0.39, 0.29) is 74.0 Å².